The zero-order valence-electron chi connectivity index (χ0n) is 19.7. The van der Waals surface area contributed by atoms with Crippen molar-refractivity contribution in [3.8, 4) is 11.1 Å². The van der Waals surface area contributed by atoms with E-state index in [2.05, 4.69) is 34.9 Å². The van der Waals surface area contributed by atoms with Crippen LogP contribution in [0.5, 0.6) is 0 Å². The Hall–Kier alpha value is -3.35. The van der Waals surface area contributed by atoms with Gasteiger partial charge in [0.2, 0.25) is 5.91 Å². The first kappa shape index (κ1) is 23.8. The molecule has 34 heavy (non-hydrogen) atoms. The van der Waals surface area contributed by atoms with Crippen LogP contribution in [0.3, 0.4) is 0 Å². The zero-order chi connectivity index (χ0) is 24.3. The van der Waals surface area contributed by atoms with Crippen molar-refractivity contribution >= 4 is 18.0 Å². The first-order valence-corrected chi connectivity index (χ1v) is 12.0. The highest BCUT2D eigenvalue weighted by Gasteiger charge is 2.39. The molecule has 2 aromatic rings. The summed E-state index contributed by atoms with van der Waals surface area (Å²) in [5, 5.41) is 15.2. The van der Waals surface area contributed by atoms with Crippen molar-refractivity contribution in [3.63, 3.8) is 0 Å². The van der Waals surface area contributed by atoms with E-state index in [9.17, 15) is 19.5 Å². The Balaban J connectivity index is 1.24. The number of carbonyl (C=O) groups is 3. The molecule has 2 aromatic carbocycles. The standard InChI is InChI=1S/C27H32N2O5/c1-3-27(4-2,25(31)32)16-28-24(30)17-13-18(14-17)29-26(33)34-15-23-21-11-7-5-9-19(21)20-10-6-8-12-22(20)23/h5-12,17-18,23H,3-4,13-16H2,1-2H3,(H,28,30)(H,29,33)(H,31,32). The third kappa shape index (κ3) is 4.52. The molecule has 1 saturated carbocycles. The maximum atomic E-state index is 12.4. The number of carbonyl (C=O) groups excluding carboxylic acids is 2. The molecular formula is C27H32N2O5. The first-order chi connectivity index (χ1) is 16.4. The average Bonchev–Trinajstić information content (AvgIpc) is 3.14. The van der Waals surface area contributed by atoms with Gasteiger partial charge in [0.05, 0.1) is 5.41 Å². The predicted molar refractivity (Wildman–Crippen MR) is 128 cm³/mol. The van der Waals surface area contributed by atoms with Gasteiger partial charge in [-0.3, -0.25) is 9.59 Å². The number of aliphatic carboxylic acids is 1. The summed E-state index contributed by atoms with van der Waals surface area (Å²) in [7, 11) is 0. The van der Waals surface area contributed by atoms with Gasteiger partial charge in [-0.1, -0.05) is 62.4 Å². The SMILES string of the molecule is CCC(CC)(CNC(=O)C1CC(NC(=O)OCC2c3ccccc3-c3ccccc32)C1)C(=O)O. The number of hydrogen-bond acceptors (Lipinski definition) is 4. The molecule has 0 unspecified atom stereocenters. The van der Waals surface area contributed by atoms with Crippen LogP contribution in [-0.2, 0) is 14.3 Å². The number of rotatable bonds is 9. The molecule has 0 aromatic heterocycles. The van der Waals surface area contributed by atoms with Crippen molar-refractivity contribution in [2.24, 2.45) is 11.3 Å². The summed E-state index contributed by atoms with van der Waals surface area (Å²) < 4.78 is 5.57. The third-order valence-corrected chi connectivity index (χ3v) is 7.58. The molecule has 2 aliphatic rings. The van der Waals surface area contributed by atoms with Gasteiger partial charge in [0, 0.05) is 24.4 Å². The molecule has 0 heterocycles. The van der Waals surface area contributed by atoms with Crippen LogP contribution >= 0.6 is 0 Å². The minimum absolute atomic E-state index is 0.00435. The van der Waals surface area contributed by atoms with Crippen LogP contribution in [0.15, 0.2) is 48.5 Å². The molecule has 7 heteroatoms. The number of amides is 2. The van der Waals surface area contributed by atoms with E-state index in [1.807, 2.05) is 38.1 Å². The normalized spacial score (nSPS) is 18.9. The molecule has 4 rings (SSSR count). The second-order valence-corrected chi connectivity index (χ2v) is 9.35. The van der Waals surface area contributed by atoms with Gasteiger partial charge in [-0.15, -0.1) is 0 Å². The molecular weight excluding hydrogens is 432 g/mol. The molecule has 2 amide bonds. The van der Waals surface area contributed by atoms with Crippen LogP contribution in [0.1, 0.15) is 56.6 Å². The lowest BCUT2D eigenvalue weighted by atomic mass is 9.78. The van der Waals surface area contributed by atoms with Crippen LogP contribution < -0.4 is 10.6 Å². The summed E-state index contributed by atoms with van der Waals surface area (Å²) in [4.78, 5) is 36.5. The van der Waals surface area contributed by atoms with Crippen LogP contribution in [0, 0.1) is 11.3 Å². The first-order valence-electron chi connectivity index (χ1n) is 12.0. The van der Waals surface area contributed by atoms with E-state index in [0.29, 0.717) is 25.7 Å². The smallest absolute Gasteiger partial charge is 0.407 e. The van der Waals surface area contributed by atoms with Gasteiger partial charge in [-0.05, 0) is 47.9 Å². The number of carboxylic acid groups (broad SMARTS) is 1. The number of fused-ring (bicyclic) bond motifs is 3. The summed E-state index contributed by atoms with van der Waals surface area (Å²) in [6.45, 7) is 4.01. The van der Waals surface area contributed by atoms with Gasteiger partial charge < -0.3 is 20.5 Å². The van der Waals surface area contributed by atoms with E-state index in [0.717, 1.165) is 11.1 Å². The van der Waals surface area contributed by atoms with Gasteiger partial charge in [-0.2, -0.15) is 0 Å². The fourth-order valence-electron chi connectivity index (χ4n) is 5.04. The second-order valence-electron chi connectivity index (χ2n) is 9.35. The largest absolute Gasteiger partial charge is 0.481 e. The van der Waals surface area contributed by atoms with Crippen LogP contribution in [0.2, 0.25) is 0 Å². The van der Waals surface area contributed by atoms with Crippen molar-refractivity contribution in [2.75, 3.05) is 13.2 Å². The second kappa shape index (κ2) is 9.87. The van der Waals surface area contributed by atoms with Gasteiger partial charge in [0.25, 0.3) is 0 Å². The number of hydrogen-bond donors (Lipinski definition) is 3. The van der Waals surface area contributed by atoms with Crippen LogP contribution in [-0.4, -0.2) is 42.3 Å². The topological polar surface area (TPSA) is 105 Å². The molecule has 7 nitrogen and oxygen atoms in total. The Bertz CT molecular complexity index is 1030. The van der Waals surface area contributed by atoms with E-state index in [1.165, 1.54) is 11.1 Å². The predicted octanol–water partition coefficient (Wildman–Crippen LogP) is 4.31. The summed E-state index contributed by atoms with van der Waals surface area (Å²) in [5.41, 5.74) is 3.75. The lowest BCUT2D eigenvalue weighted by Crippen LogP contribution is -2.51. The minimum atomic E-state index is -0.932. The van der Waals surface area contributed by atoms with Crippen LogP contribution in [0.4, 0.5) is 4.79 Å². The van der Waals surface area contributed by atoms with Gasteiger partial charge in [0.15, 0.2) is 0 Å². The number of benzene rings is 2. The Morgan fingerprint density at radius 1 is 0.971 bits per heavy atom. The Kier molecular flexibility index (Phi) is 6.91. The molecule has 0 aliphatic heterocycles. The number of alkyl carbamates (subject to hydrolysis) is 1. The van der Waals surface area contributed by atoms with Gasteiger partial charge >= 0.3 is 12.1 Å². The fraction of sp³-hybridized carbons (Fsp3) is 0.444. The van der Waals surface area contributed by atoms with Crippen molar-refractivity contribution in [1.29, 1.82) is 0 Å². The minimum Gasteiger partial charge on any atom is -0.481 e. The third-order valence-electron chi connectivity index (χ3n) is 7.58. The Morgan fingerprint density at radius 2 is 1.53 bits per heavy atom. The highest BCUT2D eigenvalue weighted by molar-refractivity contribution is 5.82. The van der Waals surface area contributed by atoms with E-state index in [1.54, 1.807) is 0 Å². The summed E-state index contributed by atoms with van der Waals surface area (Å²) in [6.07, 6.45) is 1.47. The quantitative estimate of drug-likeness (QED) is 0.513. The lowest BCUT2D eigenvalue weighted by molar-refractivity contribution is -0.149. The molecule has 2 aliphatic carbocycles. The lowest BCUT2D eigenvalue weighted by Gasteiger charge is -2.35. The van der Waals surface area contributed by atoms with Crippen molar-refractivity contribution in [2.45, 2.75) is 51.5 Å². The Morgan fingerprint density at radius 3 is 2.06 bits per heavy atom. The number of carboxylic acids is 1. The molecule has 1 fully saturated rings. The number of nitrogens with one attached hydrogen (secondary N) is 2. The van der Waals surface area contributed by atoms with Crippen molar-refractivity contribution < 1.29 is 24.2 Å². The van der Waals surface area contributed by atoms with E-state index < -0.39 is 17.5 Å². The molecule has 0 bridgehead atoms. The summed E-state index contributed by atoms with van der Waals surface area (Å²) >= 11 is 0. The average molecular weight is 465 g/mol. The maximum absolute atomic E-state index is 12.4. The van der Waals surface area contributed by atoms with E-state index in [4.69, 9.17) is 4.74 Å². The maximum Gasteiger partial charge on any atom is 0.407 e. The Labute approximate surface area is 199 Å². The van der Waals surface area contributed by atoms with Gasteiger partial charge in [0.1, 0.15) is 6.61 Å². The van der Waals surface area contributed by atoms with Crippen molar-refractivity contribution in [3.05, 3.63) is 59.7 Å². The molecule has 0 saturated heterocycles. The monoisotopic (exact) mass is 464 g/mol. The molecule has 180 valence electrons. The van der Waals surface area contributed by atoms with Gasteiger partial charge in [-0.25, -0.2) is 4.79 Å². The molecule has 0 atom stereocenters. The number of ether oxygens (including phenoxy) is 1. The summed E-state index contributed by atoms with van der Waals surface area (Å²) in [6, 6.07) is 16.2. The van der Waals surface area contributed by atoms with E-state index >= 15 is 0 Å². The van der Waals surface area contributed by atoms with Crippen molar-refractivity contribution in [1.82, 2.24) is 10.6 Å². The molecule has 3 N–H and O–H groups in total. The zero-order valence-corrected chi connectivity index (χ0v) is 19.7. The van der Waals surface area contributed by atoms with Crippen LogP contribution in [0.25, 0.3) is 11.1 Å². The summed E-state index contributed by atoms with van der Waals surface area (Å²) in [5.74, 6) is -1.26. The molecule has 0 spiro atoms. The highest BCUT2D eigenvalue weighted by atomic mass is 16.5. The van der Waals surface area contributed by atoms with E-state index in [-0.39, 0.29) is 36.9 Å². The fourth-order valence-corrected chi connectivity index (χ4v) is 5.04. The molecule has 0 radical (unpaired) electrons. The highest BCUT2D eigenvalue weighted by Crippen LogP contribution is 2.44.